The van der Waals surface area contributed by atoms with E-state index in [2.05, 4.69) is 5.32 Å². The van der Waals surface area contributed by atoms with E-state index in [9.17, 15) is 14.4 Å². The van der Waals surface area contributed by atoms with Crippen LogP contribution < -0.4 is 11.1 Å². The highest BCUT2D eigenvalue weighted by molar-refractivity contribution is 5.76. The maximum atomic E-state index is 11.8. The lowest BCUT2D eigenvalue weighted by Crippen LogP contribution is -2.42. The highest BCUT2D eigenvalue weighted by Crippen LogP contribution is 2.26. The highest BCUT2D eigenvalue weighted by atomic mass is 16.4. The lowest BCUT2D eigenvalue weighted by atomic mass is 10.3. The lowest BCUT2D eigenvalue weighted by molar-refractivity contribution is -0.137. The fourth-order valence-corrected chi connectivity index (χ4v) is 1.61. The molecule has 1 aliphatic carbocycles. The van der Waals surface area contributed by atoms with Crippen LogP contribution >= 0.6 is 0 Å². The minimum Gasteiger partial charge on any atom is -0.481 e. The van der Waals surface area contributed by atoms with E-state index in [-0.39, 0.29) is 31.5 Å². The Morgan fingerprint density at radius 3 is 2.44 bits per heavy atom. The van der Waals surface area contributed by atoms with Gasteiger partial charge in [-0.05, 0) is 19.3 Å². The van der Waals surface area contributed by atoms with Gasteiger partial charge in [-0.25, -0.2) is 4.79 Å². The molecule has 1 rings (SSSR count). The van der Waals surface area contributed by atoms with E-state index >= 15 is 0 Å². The van der Waals surface area contributed by atoms with Crippen molar-refractivity contribution in [1.82, 2.24) is 10.2 Å². The molecule has 1 saturated carbocycles. The van der Waals surface area contributed by atoms with Crippen LogP contribution in [0, 0.1) is 0 Å². The number of carboxylic acid groups (broad SMARTS) is 1. The normalized spacial score (nSPS) is 14.0. The van der Waals surface area contributed by atoms with E-state index in [1.54, 1.807) is 4.90 Å². The van der Waals surface area contributed by atoms with Crippen molar-refractivity contribution in [3.8, 4) is 0 Å². The van der Waals surface area contributed by atoms with Crippen molar-refractivity contribution in [3.63, 3.8) is 0 Å². The third-order valence-electron chi connectivity index (χ3n) is 2.69. The molecule has 0 spiro atoms. The molecule has 3 amide bonds. The molecule has 4 N–H and O–H groups in total. The molecular weight excluding hydrogens is 238 g/mol. The molecule has 7 heteroatoms. The molecule has 0 heterocycles. The molecule has 0 aliphatic heterocycles. The summed E-state index contributed by atoms with van der Waals surface area (Å²) < 4.78 is 0. The van der Waals surface area contributed by atoms with Gasteiger partial charge >= 0.3 is 12.0 Å². The fourth-order valence-electron chi connectivity index (χ4n) is 1.61. The molecule has 0 saturated heterocycles. The van der Waals surface area contributed by atoms with Gasteiger partial charge in [0.05, 0.1) is 6.42 Å². The van der Waals surface area contributed by atoms with Crippen molar-refractivity contribution < 1.29 is 19.5 Å². The average Bonchev–Trinajstić information content (AvgIpc) is 3.08. The molecule has 0 bridgehead atoms. The van der Waals surface area contributed by atoms with Crippen molar-refractivity contribution in [3.05, 3.63) is 0 Å². The number of primary amides is 1. The second-order valence-corrected chi connectivity index (χ2v) is 4.37. The fraction of sp³-hybridized carbons (Fsp3) is 0.727. The van der Waals surface area contributed by atoms with Gasteiger partial charge in [-0.15, -0.1) is 0 Å². The van der Waals surface area contributed by atoms with Crippen molar-refractivity contribution >= 4 is 17.9 Å². The predicted octanol–water partition coefficient (Wildman–Crippen LogP) is -0.0994. The van der Waals surface area contributed by atoms with Crippen LogP contribution in [0.1, 0.15) is 32.1 Å². The van der Waals surface area contributed by atoms with Crippen LogP contribution in [0.4, 0.5) is 4.79 Å². The van der Waals surface area contributed by atoms with Gasteiger partial charge in [0.25, 0.3) is 0 Å². The smallest absolute Gasteiger partial charge is 0.317 e. The number of aliphatic carboxylic acids is 1. The van der Waals surface area contributed by atoms with Crippen molar-refractivity contribution in [2.75, 3.05) is 13.1 Å². The first-order chi connectivity index (χ1) is 8.50. The van der Waals surface area contributed by atoms with Crippen LogP contribution in [0.2, 0.25) is 0 Å². The summed E-state index contributed by atoms with van der Waals surface area (Å²) >= 11 is 0. The Hall–Kier alpha value is -1.79. The molecule has 0 aromatic rings. The molecular formula is C11H19N3O4. The van der Waals surface area contributed by atoms with Gasteiger partial charge in [-0.2, -0.15) is 0 Å². The summed E-state index contributed by atoms with van der Waals surface area (Å²) in [4.78, 5) is 34.3. The van der Waals surface area contributed by atoms with E-state index in [0.717, 1.165) is 12.8 Å². The number of carbonyl (C=O) groups is 3. The minimum absolute atomic E-state index is 0.0504. The number of amides is 3. The Labute approximate surface area is 105 Å². The van der Waals surface area contributed by atoms with Gasteiger partial charge < -0.3 is 21.1 Å². The number of nitrogens with two attached hydrogens (primary N) is 1. The molecule has 0 aromatic heterocycles. The van der Waals surface area contributed by atoms with E-state index in [4.69, 9.17) is 10.8 Å². The SMILES string of the molecule is NC(=O)CCCNC(=O)N(CCC(=O)O)C1CC1. The monoisotopic (exact) mass is 257 g/mol. The summed E-state index contributed by atoms with van der Waals surface area (Å²) in [6, 6.07) is -0.0938. The first kappa shape index (κ1) is 14.3. The maximum absolute atomic E-state index is 11.8. The number of carbonyl (C=O) groups excluding carboxylic acids is 2. The quantitative estimate of drug-likeness (QED) is 0.527. The molecule has 7 nitrogen and oxygen atoms in total. The van der Waals surface area contributed by atoms with Crippen molar-refractivity contribution in [2.24, 2.45) is 5.73 Å². The van der Waals surface area contributed by atoms with E-state index in [1.165, 1.54) is 0 Å². The van der Waals surface area contributed by atoms with Gasteiger partial charge in [-0.3, -0.25) is 9.59 Å². The summed E-state index contributed by atoms with van der Waals surface area (Å²) in [7, 11) is 0. The topological polar surface area (TPSA) is 113 Å². The van der Waals surface area contributed by atoms with Crippen LogP contribution in [0.5, 0.6) is 0 Å². The molecule has 1 aliphatic rings. The zero-order chi connectivity index (χ0) is 13.5. The van der Waals surface area contributed by atoms with E-state index in [1.807, 2.05) is 0 Å². The number of nitrogens with one attached hydrogen (secondary N) is 1. The van der Waals surface area contributed by atoms with Crippen molar-refractivity contribution in [1.29, 1.82) is 0 Å². The van der Waals surface area contributed by atoms with Crippen molar-refractivity contribution in [2.45, 2.75) is 38.1 Å². The molecule has 0 radical (unpaired) electrons. The van der Waals surface area contributed by atoms with Crippen LogP contribution in [0.15, 0.2) is 0 Å². The Kier molecular flexibility index (Phi) is 5.41. The van der Waals surface area contributed by atoms with E-state index in [0.29, 0.717) is 13.0 Å². The predicted molar refractivity (Wildman–Crippen MR) is 63.8 cm³/mol. The first-order valence-corrected chi connectivity index (χ1v) is 6.05. The molecule has 102 valence electrons. The Bertz CT molecular complexity index is 328. The zero-order valence-electron chi connectivity index (χ0n) is 10.2. The minimum atomic E-state index is -0.915. The van der Waals surface area contributed by atoms with Gasteiger partial charge in [0.15, 0.2) is 0 Å². The van der Waals surface area contributed by atoms with Crippen LogP contribution in [0.25, 0.3) is 0 Å². The molecule has 18 heavy (non-hydrogen) atoms. The molecule has 0 aromatic carbocycles. The highest BCUT2D eigenvalue weighted by Gasteiger charge is 2.32. The lowest BCUT2D eigenvalue weighted by Gasteiger charge is -2.22. The van der Waals surface area contributed by atoms with Crippen LogP contribution in [0.3, 0.4) is 0 Å². The Balaban J connectivity index is 2.26. The van der Waals surface area contributed by atoms with Crippen LogP contribution in [-0.4, -0.2) is 47.0 Å². The number of urea groups is 1. The molecule has 0 unspecified atom stereocenters. The summed E-state index contributed by atoms with van der Waals surface area (Å²) in [5.74, 6) is -1.31. The van der Waals surface area contributed by atoms with Gasteiger partial charge in [0, 0.05) is 25.6 Å². The maximum Gasteiger partial charge on any atom is 0.317 e. The number of hydrogen-bond acceptors (Lipinski definition) is 3. The number of hydrogen-bond donors (Lipinski definition) is 3. The number of rotatable bonds is 8. The summed E-state index contributed by atoms with van der Waals surface area (Å²) in [5, 5.41) is 11.3. The standard InChI is InChI=1S/C11H19N3O4/c12-9(15)2-1-6-13-11(18)14(8-3-4-8)7-5-10(16)17/h8H,1-7H2,(H2,12,15)(H,13,18)(H,16,17). The average molecular weight is 257 g/mol. The summed E-state index contributed by atoms with van der Waals surface area (Å²) in [6.07, 6.45) is 2.53. The second-order valence-electron chi connectivity index (χ2n) is 4.37. The Morgan fingerprint density at radius 2 is 1.94 bits per heavy atom. The van der Waals surface area contributed by atoms with Crippen LogP contribution in [-0.2, 0) is 9.59 Å². The first-order valence-electron chi connectivity index (χ1n) is 6.05. The van der Waals surface area contributed by atoms with Gasteiger partial charge in [0.2, 0.25) is 5.91 Å². The third-order valence-corrected chi connectivity index (χ3v) is 2.69. The molecule has 1 fully saturated rings. The summed E-state index contributed by atoms with van der Waals surface area (Å²) in [5.41, 5.74) is 4.98. The second kappa shape index (κ2) is 6.83. The Morgan fingerprint density at radius 1 is 1.28 bits per heavy atom. The molecule has 0 atom stereocenters. The third kappa shape index (κ3) is 5.51. The van der Waals surface area contributed by atoms with Gasteiger partial charge in [-0.1, -0.05) is 0 Å². The number of nitrogens with zero attached hydrogens (tertiary/aromatic N) is 1. The summed E-state index contributed by atoms with van der Waals surface area (Å²) in [6.45, 7) is 0.597. The number of carboxylic acids is 1. The largest absolute Gasteiger partial charge is 0.481 e. The van der Waals surface area contributed by atoms with E-state index < -0.39 is 11.9 Å². The zero-order valence-corrected chi connectivity index (χ0v) is 10.2. The van der Waals surface area contributed by atoms with Gasteiger partial charge in [0.1, 0.15) is 0 Å².